The first kappa shape index (κ1) is 11.1. The molecule has 2 N–H and O–H groups in total. The van der Waals surface area contributed by atoms with Crippen LogP contribution in [0.5, 0.6) is 0 Å². The molecule has 0 saturated carbocycles. The molecule has 0 fully saturated rings. The highest BCUT2D eigenvalue weighted by atomic mass is 35.5. The third-order valence-electron chi connectivity index (χ3n) is 1.69. The summed E-state index contributed by atoms with van der Waals surface area (Å²) in [6, 6.07) is 1.56. The van der Waals surface area contributed by atoms with Gasteiger partial charge in [0.25, 0.3) is 5.91 Å². The number of hydrogen-bond donors (Lipinski definition) is 2. The Kier molecular flexibility index (Phi) is 3.98. The van der Waals surface area contributed by atoms with Crippen LogP contribution in [0.1, 0.15) is 17.4 Å². The summed E-state index contributed by atoms with van der Waals surface area (Å²) < 4.78 is 4.89. The van der Waals surface area contributed by atoms with Crippen molar-refractivity contribution in [1.82, 2.24) is 10.3 Å². The van der Waals surface area contributed by atoms with E-state index in [4.69, 9.17) is 16.3 Å². The first-order valence-electron chi connectivity index (χ1n) is 4.27. The van der Waals surface area contributed by atoms with Crippen molar-refractivity contribution in [3.63, 3.8) is 0 Å². The molecule has 1 atom stereocenters. The lowest BCUT2D eigenvalue weighted by atomic mass is 10.3. The molecule has 78 valence electrons. The van der Waals surface area contributed by atoms with E-state index in [1.54, 1.807) is 19.4 Å². The van der Waals surface area contributed by atoms with Crippen molar-refractivity contribution in [1.29, 1.82) is 0 Å². The zero-order chi connectivity index (χ0) is 10.6. The number of carbonyl (C=O) groups is 1. The minimum absolute atomic E-state index is 0.0189. The summed E-state index contributed by atoms with van der Waals surface area (Å²) in [4.78, 5) is 14.3. The van der Waals surface area contributed by atoms with Crippen LogP contribution in [0.4, 0.5) is 0 Å². The molecule has 0 aromatic carbocycles. The lowest BCUT2D eigenvalue weighted by Crippen LogP contribution is -2.35. The number of hydrogen-bond acceptors (Lipinski definition) is 2. The summed E-state index contributed by atoms with van der Waals surface area (Å²) in [5.74, 6) is -0.179. The van der Waals surface area contributed by atoms with Crippen molar-refractivity contribution in [3.8, 4) is 0 Å². The monoisotopic (exact) mass is 216 g/mol. The molecule has 0 bridgehead atoms. The molecule has 0 aliphatic carbocycles. The average molecular weight is 217 g/mol. The van der Waals surface area contributed by atoms with Gasteiger partial charge in [0, 0.05) is 19.3 Å². The Hall–Kier alpha value is -1.00. The normalized spacial score (nSPS) is 12.5. The van der Waals surface area contributed by atoms with E-state index in [1.165, 1.54) is 0 Å². The van der Waals surface area contributed by atoms with E-state index in [2.05, 4.69) is 10.3 Å². The molecule has 0 saturated heterocycles. The molecule has 4 nitrogen and oxygen atoms in total. The van der Waals surface area contributed by atoms with Gasteiger partial charge in [0.2, 0.25) is 0 Å². The Morgan fingerprint density at radius 3 is 3.00 bits per heavy atom. The van der Waals surface area contributed by atoms with Crippen LogP contribution in [0.2, 0.25) is 5.02 Å². The predicted molar refractivity (Wildman–Crippen MR) is 54.6 cm³/mol. The van der Waals surface area contributed by atoms with E-state index in [1.807, 2.05) is 6.92 Å². The van der Waals surface area contributed by atoms with E-state index in [0.717, 1.165) is 0 Å². The number of aromatic amines is 1. The molecule has 5 heteroatoms. The number of ether oxygens (including phenoxy) is 1. The molecule has 1 amide bonds. The molecular formula is C9H13ClN2O2. The molecule has 1 aromatic rings. The van der Waals surface area contributed by atoms with Crippen molar-refractivity contribution in [2.45, 2.75) is 13.0 Å². The van der Waals surface area contributed by atoms with Crippen LogP contribution in [0.25, 0.3) is 0 Å². The summed E-state index contributed by atoms with van der Waals surface area (Å²) in [6.07, 6.45) is 1.57. The van der Waals surface area contributed by atoms with Gasteiger partial charge in [-0.25, -0.2) is 0 Å². The zero-order valence-corrected chi connectivity index (χ0v) is 8.89. The molecule has 0 aliphatic heterocycles. The van der Waals surface area contributed by atoms with Crippen molar-refractivity contribution >= 4 is 17.5 Å². The molecule has 1 heterocycles. The van der Waals surface area contributed by atoms with Crippen molar-refractivity contribution < 1.29 is 9.53 Å². The quantitative estimate of drug-likeness (QED) is 0.800. The van der Waals surface area contributed by atoms with Gasteiger partial charge in [0.15, 0.2) is 0 Å². The number of aromatic nitrogens is 1. The maximum atomic E-state index is 11.5. The highest BCUT2D eigenvalue weighted by Crippen LogP contribution is 2.09. The fraction of sp³-hybridized carbons (Fsp3) is 0.444. The van der Waals surface area contributed by atoms with E-state index >= 15 is 0 Å². The molecule has 1 rings (SSSR count). The Labute approximate surface area is 87.6 Å². The van der Waals surface area contributed by atoms with E-state index in [0.29, 0.717) is 17.3 Å². The maximum Gasteiger partial charge on any atom is 0.268 e. The summed E-state index contributed by atoms with van der Waals surface area (Å²) in [5.41, 5.74) is 0.456. The number of carbonyl (C=O) groups excluding carboxylic acids is 1. The fourth-order valence-electron chi connectivity index (χ4n) is 1.09. The number of rotatable bonds is 4. The first-order chi connectivity index (χ1) is 6.63. The minimum atomic E-state index is -0.179. The Morgan fingerprint density at radius 2 is 2.50 bits per heavy atom. The molecule has 0 spiro atoms. The maximum absolute atomic E-state index is 11.5. The number of nitrogens with one attached hydrogen (secondary N) is 2. The highest BCUT2D eigenvalue weighted by molar-refractivity contribution is 6.30. The first-order valence-corrected chi connectivity index (χ1v) is 4.65. The number of methoxy groups -OCH3 is 1. The van der Waals surface area contributed by atoms with Gasteiger partial charge >= 0.3 is 0 Å². The molecule has 0 unspecified atom stereocenters. The van der Waals surface area contributed by atoms with Gasteiger partial charge in [-0.2, -0.15) is 0 Å². The van der Waals surface area contributed by atoms with Crippen LogP contribution in [0.15, 0.2) is 12.3 Å². The molecule has 0 radical (unpaired) electrons. The number of H-pyrrole nitrogens is 1. The van der Waals surface area contributed by atoms with Crippen LogP contribution in [0.3, 0.4) is 0 Å². The van der Waals surface area contributed by atoms with Crippen LogP contribution in [0, 0.1) is 0 Å². The second kappa shape index (κ2) is 5.02. The van der Waals surface area contributed by atoms with Gasteiger partial charge in [0.1, 0.15) is 5.69 Å². The van der Waals surface area contributed by atoms with Crippen molar-refractivity contribution in [3.05, 3.63) is 23.0 Å². The molecule has 1 aromatic heterocycles. The number of amides is 1. The lowest BCUT2D eigenvalue weighted by Gasteiger charge is -2.11. The van der Waals surface area contributed by atoms with Crippen LogP contribution in [-0.2, 0) is 4.74 Å². The van der Waals surface area contributed by atoms with E-state index < -0.39 is 0 Å². The van der Waals surface area contributed by atoms with Gasteiger partial charge < -0.3 is 15.0 Å². The second-order valence-corrected chi connectivity index (χ2v) is 3.50. The van der Waals surface area contributed by atoms with Gasteiger partial charge in [-0.05, 0) is 13.0 Å². The molecular weight excluding hydrogens is 204 g/mol. The fourth-order valence-corrected chi connectivity index (χ4v) is 1.26. The van der Waals surface area contributed by atoms with E-state index in [-0.39, 0.29) is 11.9 Å². The third-order valence-corrected chi connectivity index (χ3v) is 1.90. The Morgan fingerprint density at radius 1 is 1.79 bits per heavy atom. The number of halogens is 1. The smallest absolute Gasteiger partial charge is 0.268 e. The lowest BCUT2D eigenvalue weighted by molar-refractivity contribution is 0.0901. The zero-order valence-electron chi connectivity index (χ0n) is 8.13. The minimum Gasteiger partial charge on any atom is -0.383 e. The summed E-state index contributed by atoms with van der Waals surface area (Å²) in [5, 5.41) is 3.28. The second-order valence-electron chi connectivity index (χ2n) is 3.06. The average Bonchev–Trinajstić information content (AvgIpc) is 2.52. The largest absolute Gasteiger partial charge is 0.383 e. The Bertz CT molecular complexity index is 312. The Balaban J connectivity index is 2.50. The summed E-state index contributed by atoms with van der Waals surface area (Å²) in [7, 11) is 1.59. The highest BCUT2D eigenvalue weighted by Gasteiger charge is 2.10. The topological polar surface area (TPSA) is 54.1 Å². The van der Waals surface area contributed by atoms with Crippen molar-refractivity contribution in [2.24, 2.45) is 0 Å². The third kappa shape index (κ3) is 3.05. The van der Waals surface area contributed by atoms with Gasteiger partial charge in [0.05, 0.1) is 11.6 Å². The van der Waals surface area contributed by atoms with Crippen molar-refractivity contribution in [2.75, 3.05) is 13.7 Å². The van der Waals surface area contributed by atoms with Crippen LogP contribution < -0.4 is 5.32 Å². The van der Waals surface area contributed by atoms with Crippen LogP contribution >= 0.6 is 11.6 Å². The van der Waals surface area contributed by atoms with E-state index in [9.17, 15) is 4.79 Å². The van der Waals surface area contributed by atoms with Gasteiger partial charge in [-0.15, -0.1) is 0 Å². The summed E-state index contributed by atoms with van der Waals surface area (Å²) in [6.45, 7) is 2.35. The molecule has 0 aliphatic rings. The predicted octanol–water partition coefficient (Wildman–Crippen LogP) is 1.43. The van der Waals surface area contributed by atoms with Gasteiger partial charge in [-0.1, -0.05) is 11.6 Å². The summed E-state index contributed by atoms with van der Waals surface area (Å²) >= 11 is 5.67. The molecule has 14 heavy (non-hydrogen) atoms. The standard InChI is InChI=1S/C9H13ClN2O2/c1-6(5-14-2)12-9(13)8-3-7(10)4-11-8/h3-4,6,11H,5H2,1-2H3,(H,12,13)/t6-/m0/s1. The van der Waals surface area contributed by atoms with Gasteiger partial charge in [-0.3, -0.25) is 4.79 Å². The SMILES string of the molecule is COC[C@H](C)NC(=O)c1cc(Cl)c[nH]1. The van der Waals surface area contributed by atoms with Crippen LogP contribution in [-0.4, -0.2) is 30.6 Å².